The maximum Gasteiger partial charge on any atom is 0.222 e. The predicted molar refractivity (Wildman–Crippen MR) is 106 cm³/mol. The Morgan fingerprint density at radius 3 is 2.50 bits per heavy atom. The summed E-state index contributed by atoms with van der Waals surface area (Å²) in [6.07, 6.45) is 0. The lowest BCUT2D eigenvalue weighted by Crippen LogP contribution is -2.12. The molecule has 0 bridgehead atoms. The van der Waals surface area contributed by atoms with Gasteiger partial charge in [0.2, 0.25) is 5.95 Å². The minimum absolute atomic E-state index is 0.222. The van der Waals surface area contributed by atoms with Gasteiger partial charge < -0.3 is 15.6 Å². The first kappa shape index (κ1) is 18.2. The fourth-order valence-corrected chi connectivity index (χ4v) is 3.06. The molecule has 1 aromatic heterocycles. The summed E-state index contributed by atoms with van der Waals surface area (Å²) in [5.74, 6) is 0.875. The van der Waals surface area contributed by atoms with Gasteiger partial charge in [-0.15, -0.1) is 5.14 Å². The van der Waals surface area contributed by atoms with E-state index in [1.165, 1.54) is 11.1 Å². The van der Waals surface area contributed by atoms with Crippen molar-refractivity contribution in [2.24, 2.45) is 5.14 Å². The molecule has 0 saturated carbocycles. The van der Waals surface area contributed by atoms with Gasteiger partial charge in [-0.05, 0) is 42.7 Å². The number of anilines is 2. The van der Waals surface area contributed by atoms with Crippen LogP contribution in [0.2, 0.25) is 0 Å². The van der Waals surface area contributed by atoms with Gasteiger partial charge in [0.1, 0.15) is 5.82 Å². The Bertz CT molecular complexity index is 912. The first-order chi connectivity index (χ1) is 12.4. The number of nitrogen functional groups attached to an aromatic ring is 1. The van der Waals surface area contributed by atoms with Crippen molar-refractivity contribution >= 4 is 23.1 Å². The molecule has 0 unspecified atom stereocenters. The Balaban J connectivity index is 1.81. The first-order valence-electron chi connectivity index (χ1n) is 8.14. The molecule has 26 heavy (non-hydrogen) atoms. The summed E-state index contributed by atoms with van der Waals surface area (Å²) in [6.45, 7) is 4.69. The SMILES string of the molecule is Cc1cccc(-c2cc(NCc3ccc([S@+](N)[O-])cc3)nc(N)n2)c1C. The number of nitrogens with one attached hydrogen (secondary N) is 1. The smallest absolute Gasteiger partial charge is 0.222 e. The van der Waals surface area contributed by atoms with Crippen LogP contribution in [0.5, 0.6) is 0 Å². The third kappa shape index (κ3) is 4.13. The van der Waals surface area contributed by atoms with E-state index in [1.54, 1.807) is 12.1 Å². The minimum Gasteiger partial charge on any atom is -0.593 e. The Morgan fingerprint density at radius 1 is 1.08 bits per heavy atom. The lowest BCUT2D eigenvalue weighted by molar-refractivity contribution is 0.596. The van der Waals surface area contributed by atoms with Gasteiger partial charge in [0.25, 0.3) is 0 Å². The average Bonchev–Trinajstić information content (AvgIpc) is 2.62. The van der Waals surface area contributed by atoms with E-state index in [0.29, 0.717) is 17.3 Å². The second kappa shape index (κ2) is 7.74. The van der Waals surface area contributed by atoms with Gasteiger partial charge in [0, 0.05) is 18.2 Å². The first-order valence-corrected chi connectivity index (χ1v) is 9.35. The molecule has 0 aliphatic carbocycles. The molecular weight excluding hydrogens is 346 g/mol. The van der Waals surface area contributed by atoms with Crippen molar-refractivity contribution in [2.75, 3.05) is 11.1 Å². The number of hydrogen-bond donors (Lipinski definition) is 3. The van der Waals surface area contributed by atoms with Crippen LogP contribution in [0.1, 0.15) is 16.7 Å². The summed E-state index contributed by atoms with van der Waals surface area (Å²) in [5.41, 5.74) is 11.1. The second-order valence-electron chi connectivity index (χ2n) is 6.04. The highest BCUT2D eigenvalue weighted by molar-refractivity contribution is 7.89. The standard InChI is InChI=1S/C19H21N5OS/c1-12-4-3-5-16(13(12)2)17-10-18(24-19(20)23-17)22-11-14-6-8-15(9-7-14)26(21)25/h3-10H,11,21H2,1-2H3,(H3,20,22,23,24)/t26-/m1/s1. The van der Waals surface area contributed by atoms with E-state index in [1.807, 2.05) is 30.3 Å². The summed E-state index contributed by atoms with van der Waals surface area (Å²) in [6, 6.07) is 15.3. The molecule has 0 aliphatic rings. The van der Waals surface area contributed by atoms with Crippen LogP contribution in [-0.2, 0) is 17.9 Å². The highest BCUT2D eigenvalue weighted by Gasteiger charge is 2.09. The van der Waals surface area contributed by atoms with Gasteiger partial charge in [0.15, 0.2) is 4.90 Å². The van der Waals surface area contributed by atoms with Crippen molar-refractivity contribution in [1.29, 1.82) is 0 Å². The normalized spacial score (nSPS) is 12.0. The summed E-state index contributed by atoms with van der Waals surface area (Å²) in [7, 11) is 0. The largest absolute Gasteiger partial charge is 0.593 e. The molecular formula is C19H21N5OS. The van der Waals surface area contributed by atoms with Crippen LogP contribution in [0, 0.1) is 13.8 Å². The quantitative estimate of drug-likeness (QED) is 0.598. The fraction of sp³-hybridized carbons (Fsp3) is 0.158. The van der Waals surface area contributed by atoms with Crippen molar-refractivity contribution in [3.63, 3.8) is 0 Å². The predicted octanol–water partition coefficient (Wildman–Crippen LogP) is 2.94. The third-order valence-electron chi connectivity index (χ3n) is 4.25. The molecule has 0 spiro atoms. The molecule has 0 fully saturated rings. The van der Waals surface area contributed by atoms with Crippen LogP contribution >= 0.6 is 0 Å². The molecule has 5 N–H and O–H groups in total. The van der Waals surface area contributed by atoms with Crippen molar-refractivity contribution in [2.45, 2.75) is 25.3 Å². The molecule has 0 radical (unpaired) electrons. The average molecular weight is 367 g/mol. The Kier molecular flexibility index (Phi) is 5.41. The Morgan fingerprint density at radius 2 is 1.81 bits per heavy atom. The molecule has 1 atom stereocenters. The number of benzene rings is 2. The van der Waals surface area contributed by atoms with Gasteiger partial charge in [0.05, 0.1) is 17.1 Å². The van der Waals surface area contributed by atoms with Crippen LogP contribution in [0.15, 0.2) is 53.4 Å². The van der Waals surface area contributed by atoms with Crippen LogP contribution in [0.3, 0.4) is 0 Å². The van der Waals surface area contributed by atoms with E-state index < -0.39 is 11.4 Å². The summed E-state index contributed by atoms with van der Waals surface area (Å²) >= 11 is -1.47. The highest BCUT2D eigenvalue weighted by atomic mass is 32.2. The zero-order valence-corrected chi connectivity index (χ0v) is 15.5. The monoisotopic (exact) mass is 367 g/mol. The number of hydrogen-bond acceptors (Lipinski definition) is 6. The van der Waals surface area contributed by atoms with Gasteiger partial charge in [-0.2, -0.15) is 4.98 Å². The molecule has 7 heteroatoms. The third-order valence-corrected chi connectivity index (χ3v) is 4.99. The Labute approximate surface area is 156 Å². The van der Waals surface area contributed by atoms with E-state index in [4.69, 9.17) is 10.9 Å². The molecule has 6 nitrogen and oxygen atoms in total. The van der Waals surface area contributed by atoms with E-state index in [-0.39, 0.29) is 5.95 Å². The van der Waals surface area contributed by atoms with E-state index in [2.05, 4.69) is 35.2 Å². The van der Waals surface area contributed by atoms with Gasteiger partial charge in [-0.25, -0.2) is 4.98 Å². The van der Waals surface area contributed by atoms with Crippen LogP contribution in [0.4, 0.5) is 11.8 Å². The number of aryl methyl sites for hydroxylation is 1. The zero-order chi connectivity index (χ0) is 18.7. The van der Waals surface area contributed by atoms with Crippen molar-refractivity contribution in [1.82, 2.24) is 9.97 Å². The number of aromatic nitrogens is 2. The van der Waals surface area contributed by atoms with Gasteiger partial charge in [-0.3, -0.25) is 0 Å². The molecule has 1 heterocycles. The van der Waals surface area contributed by atoms with Crippen molar-refractivity contribution in [3.05, 3.63) is 65.2 Å². The van der Waals surface area contributed by atoms with Crippen molar-refractivity contribution in [3.8, 4) is 11.3 Å². The molecule has 3 rings (SSSR count). The maximum absolute atomic E-state index is 11.2. The number of nitrogens with zero attached hydrogens (tertiary/aromatic N) is 2. The molecule has 134 valence electrons. The van der Waals surface area contributed by atoms with Crippen LogP contribution in [-0.4, -0.2) is 14.5 Å². The fourth-order valence-electron chi connectivity index (χ4n) is 2.66. The van der Waals surface area contributed by atoms with Gasteiger partial charge in [-0.1, -0.05) is 30.3 Å². The lowest BCUT2D eigenvalue weighted by Gasteiger charge is -2.11. The lowest BCUT2D eigenvalue weighted by atomic mass is 10.0. The topological polar surface area (TPSA) is 113 Å². The van der Waals surface area contributed by atoms with E-state index >= 15 is 0 Å². The molecule has 3 aromatic rings. The maximum atomic E-state index is 11.2. The van der Waals surface area contributed by atoms with Crippen LogP contribution < -0.4 is 16.2 Å². The summed E-state index contributed by atoms with van der Waals surface area (Å²) in [5, 5.41) is 8.62. The van der Waals surface area contributed by atoms with E-state index in [0.717, 1.165) is 16.8 Å². The molecule has 0 saturated heterocycles. The van der Waals surface area contributed by atoms with E-state index in [9.17, 15) is 4.55 Å². The zero-order valence-electron chi connectivity index (χ0n) is 14.7. The second-order valence-corrected chi connectivity index (χ2v) is 7.11. The summed E-state index contributed by atoms with van der Waals surface area (Å²) in [4.78, 5) is 9.22. The molecule has 0 amide bonds. The summed E-state index contributed by atoms with van der Waals surface area (Å²) < 4.78 is 11.2. The van der Waals surface area contributed by atoms with Gasteiger partial charge >= 0.3 is 0 Å². The molecule has 2 aromatic carbocycles. The minimum atomic E-state index is -1.47. The highest BCUT2D eigenvalue weighted by Crippen LogP contribution is 2.26. The van der Waals surface area contributed by atoms with Crippen molar-refractivity contribution < 1.29 is 4.55 Å². The van der Waals surface area contributed by atoms with Crippen LogP contribution in [0.25, 0.3) is 11.3 Å². The Hall–Kier alpha value is -2.61. The molecule has 0 aliphatic heterocycles. The number of rotatable bonds is 5. The number of nitrogens with two attached hydrogens (primary N) is 2.